The molecular weight excluding hydrogens is 324 g/mol. The van der Waals surface area contributed by atoms with E-state index in [1.54, 1.807) is 6.20 Å². The lowest BCUT2D eigenvalue weighted by molar-refractivity contribution is -0.115. The van der Waals surface area contributed by atoms with E-state index in [-0.39, 0.29) is 5.91 Å². The Labute approximate surface area is 153 Å². The molecule has 5 heteroatoms. The van der Waals surface area contributed by atoms with Gasteiger partial charge in [0.2, 0.25) is 5.91 Å². The maximum Gasteiger partial charge on any atom is 0.225 e. The first-order valence-electron chi connectivity index (χ1n) is 9.09. The SMILES string of the molecule is CCC(=O)Nc1cc(-c2c(-c3ccccc3)nn3c2C(C)CC3)ccn1. The molecule has 26 heavy (non-hydrogen) atoms. The van der Waals surface area contributed by atoms with Gasteiger partial charge in [-0.15, -0.1) is 0 Å². The van der Waals surface area contributed by atoms with Crippen molar-refractivity contribution >= 4 is 11.7 Å². The van der Waals surface area contributed by atoms with Crippen molar-refractivity contribution in [3.8, 4) is 22.4 Å². The quantitative estimate of drug-likeness (QED) is 0.758. The summed E-state index contributed by atoms with van der Waals surface area (Å²) in [6.45, 7) is 5.03. The summed E-state index contributed by atoms with van der Waals surface area (Å²) in [7, 11) is 0. The second-order valence-electron chi connectivity index (χ2n) is 6.72. The van der Waals surface area contributed by atoms with Gasteiger partial charge in [-0.25, -0.2) is 4.98 Å². The minimum absolute atomic E-state index is 0.0356. The average Bonchev–Trinajstić information content (AvgIpc) is 3.22. The van der Waals surface area contributed by atoms with Gasteiger partial charge in [0.25, 0.3) is 0 Å². The Kier molecular flexibility index (Phi) is 4.29. The van der Waals surface area contributed by atoms with Crippen LogP contribution in [0.4, 0.5) is 5.82 Å². The van der Waals surface area contributed by atoms with Crippen molar-refractivity contribution in [1.29, 1.82) is 0 Å². The predicted molar refractivity (Wildman–Crippen MR) is 103 cm³/mol. The molecule has 0 fully saturated rings. The first-order valence-corrected chi connectivity index (χ1v) is 9.09. The van der Waals surface area contributed by atoms with E-state index < -0.39 is 0 Å². The fourth-order valence-corrected chi connectivity index (χ4v) is 3.57. The Morgan fingerprint density at radius 2 is 2.04 bits per heavy atom. The van der Waals surface area contributed by atoms with E-state index in [1.807, 2.05) is 37.3 Å². The molecule has 1 unspecified atom stereocenters. The maximum absolute atomic E-state index is 11.7. The third-order valence-electron chi connectivity index (χ3n) is 4.92. The summed E-state index contributed by atoms with van der Waals surface area (Å²) >= 11 is 0. The van der Waals surface area contributed by atoms with Gasteiger partial charge in [0, 0.05) is 41.9 Å². The Morgan fingerprint density at radius 3 is 2.81 bits per heavy atom. The Morgan fingerprint density at radius 1 is 1.23 bits per heavy atom. The minimum Gasteiger partial charge on any atom is -0.311 e. The summed E-state index contributed by atoms with van der Waals surface area (Å²) in [5.74, 6) is 1.00. The van der Waals surface area contributed by atoms with Gasteiger partial charge in [0.15, 0.2) is 0 Å². The zero-order chi connectivity index (χ0) is 18.1. The molecule has 1 aliphatic heterocycles. The van der Waals surface area contributed by atoms with Gasteiger partial charge in [-0.05, 0) is 24.1 Å². The number of aromatic nitrogens is 3. The highest BCUT2D eigenvalue weighted by molar-refractivity contribution is 5.91. The number of nitrogens with zero attached hydrogens (tertiary/aromatic N) is 3. The molecule has 4 rings (SSSR count). The van der Waals surface area contributed by atoms with Crippen molar-refractivity contribution in [3.63, 3.8) is 0 Å². The minimum atomic E-state index is -0.0356. The average molecular weight is 346 g/mol. The third-order valence-corrected chi connectivity index (χ3v) is 4.92. The first kappa shape index (κ1) is 16.5. The van der Waals surface area contributed by atoms with Gasteiger partial charge in [0.05, 0.1) is 0 Å². The summed E-state index contributed by atoms with van der Waals surface area (Å²) in [4.78, 5) is 16.0. The molecule has 1 amide bonds. The van der Waals surface area contributed by atoms with E-state index in [2.05, 4.69) is 34.0 Å². The van der Waals surface area contributed by atoms with Crippen LogP contribution in [0, 0.1) is 0 Å². The van der Waals surface area contributed by atoms with Crippen molar-refractivity contribution < 1.29 is 4.79 Å². The number of carbonyl (C=O) groups excluding carboxylic acids is 1. The number of aryl methyl sites for hydroxylation is 1. The molecule has 0 bridgehead atoms. The molecule has 1 aliphatic rings. The van der Waals surface area contributed by atoms with Crippen molar-refractivity contribution in [2.24, 2.45) is 0 Å². The van der Waals surface area contributed by atoms with Crippen molar-refractivity contribution in [2.75, 3.05) is 5.32 Å². The lowest BCUT2D eigenvalue weighted by atomic mass is 9.94. The summed E-state index contributed by atoms with van der Waals surface area (Å²) in [5, 5.41) is 7.76. The number of benzene rings is 1. The number of fused-ring (bicyclic) bond motifs is 1. The second-order valence-corrected chi connectivity index (χ2v) is 6.72. The fourth-order valence-electron chi connectivity index (χ4n) is 3.57. The highest BCUT2D eigenvalue weighted by Gasteiger charge is 2.28. The zero-order valence-corrected chi connectivity index (χ0v) is 15.1. The Hall–Kier alpha value is -2.95. The van der Waals surface area contributed by atoms with Gasteiger partial charge in [-0.2, -0.15) is 5.10 Å². The molecule has 0 aliphatic carbocycles. The smallest absolute Gasteiger partial charge is 0.225 e. The standard InChI is InChI=1S/C21H22N4O/c1-3-18(26)23-17-13-16(9-11-22-17)19-20(15-7-5-4-6-8-15)24-25-12-10-14(2)21(19)25/h4-9,11,13-14H,3,10,12H2,1-2H3,(H,22,23,26). The Bertz CT molecular complexity index is 946. The normalized spacial score (nSPS) is 15.7. The molecular formula is C21H22N4O. The van der Waals surface area contributed by atoms with Crippen molar-refractivity contribution in [3.05, 3.63) is 54.4 Å². The molecule has 0 spiro atoms. The van der Waals surface area contributed by atoms with Crippen LogP contribution >= 0.6 is 0 Å². The van der Waals surface area contributed by atoms with Crippen LogP contribution in [-0.2, 0) is 11.3 Å². The van der Waals surface area contributed by atoms with E-state index in [0.717, 1.165) is 35.3 Å². The van der Waals surface area contributed by atoms with Crippen LogP contribution in [0.25, 0.3) is 22.4 Å². The topological polar surface area (TPSA) is 59.8 Å². The van der Waals surface area contributed by atoms with Gasteiger partial charge in [-0.1, -0.05) is 44.2 Å². The van der Waals surface area contributed by atoms with Gasteiger partial charge in [-0.3, -0.25) is 9.48 Å². The van der Waals surface area contributed by atoms with E-state index in [0.29, 0.717) is 18.2 Å². The number of nitrogens with one attached hydrogen (secondary N) is 1. The maximum atomic E-state index is 11.7. The largest absolute Gasteiger partial charge is 0.311 e. The van der Waals surface area contributed by atoms with Gasteiger partial charge < -0.3 is 5.32 Å². The summed E-state index contributed by atoms with van der Waals surface area (Å²) < 4.78 is 2.13. The number of hydrogen-bond acceptors (Lipinski definition) is 3. The zero-order valence-electron chi connectivity index (χ0n) is 15.1. The lowest BCUT2D eigenvalue weighted by Crippen LogP contribution is -2.10. The molecule has 3 heterocycles. The summed E-state index contributed by atoms with van der Waals surface area (Å²) in [6, 6.07) is 14.2. The van der Waals surface area contributed by atoms with Gasteiger partial charge in [0.1, 0.15) is 11.5 Å². The third kappa shape index (κ3) is 2.90. The van der Waals surface area contributed by atoms with Gasteiger partial charge >= 0.3 is 0 Å². The van der Waals surface area contributed by atoms with Crippen LogP contribution in [0.1, 0.15) is 38.3 Å². The predicted octanol–water partition coefficient (Wildman–Crippen LogP) is 4.47. The number of amides is 1. The highest BCUT2D eigenvalue weighted by Crippen LogP contribution is 2.42. The highest BCUT2D eigenvalue weighted by atomic mass is 16.1. The van der Waals surface area contributed by atoms with Crippen LogP contribution in [0.3, 0.4) is 0 Å². The van der Waals surface area contributed by atoms with Crippen LogP contribution in [-0.4, -0.2) is 20.7 Å². The first-order chi connectivity index (χ1) is 12.7. The number of hydrogen-bond donors (Lipinski definition) is 1. The van der Waals surface area contributed by atoms with E-state index in [4.69, 9.17) is 5.10 Å². The van der Waals surface area contributed by atoms with Crippen LogP contribution in [0.15, 0.2) is 48.7 Å². The van der Waals surface area contributed by atoms with Crippen molar-refractivity contribution in [2.45, 2.75) is 39.2 Å². The molecule has 3 aromatic rings. The number of pyridine rings is 1. The molecule has 132 valence electrons. The number of anilines is 1. The molecule has 1 N–H and O–H groups in total. The van der Waals surface area contributed by atoms with E-state index >= 15 is 0 Å². The van der Waals surface area contributed by atoms with E-state index in [9.17, 15) is 4.79 Å². The van der Waals surface area contributed by atoms with Crippen molar-refractivity contribution in [1.82, 2.24) is 14.8 Å². The number of rotatable bonds is 4. The molecule has 1 aromatic carbocycles. The van der Waals surface area contributed by atoms with Crippen LogP contribution < -0.4 is 5.32 Å². The fraction of sp³-hybridized carbons (Fsp3) is 0.286. The molecule has 1 atom stereocenters. The van der Waals surface area contributed by atoms with E-state index in [1.165, 1.54) is 5.69 Å². The summed E-state index contributed by atoms with van der Waals surface area (Å²) in [6.07, 6.45) is 3.29. The molecule has 0 radical (unpaired) electrons. The number of carbonyl (C=O) groups is 1. The molecule has 2 aromatic heterocycles. The molecule has 5 nitrogen and oxygen atoms in total. The molecule has 0 saturated heterocycles. The van der Waals surface area contributed by atoms with Crippen LogP contribution in [0.5, 0.6) is 0 Å². The lowest BCUT2D eigenvalue weighted by Gasteiger charge is -2.10. The van der Waals surface area contributed by atoms with Crippen LogP contribution in [0.2, 0.25) is 0 Å². The summed E-state index contributed by atoms with van der Waals surface area (Å²) in [5.41, 5.74) is 5.55. The molecule has 0 saturated carbocycles. The Balaban J connectivity index is 1.86. The second kappa shape index (κ2) is 6.75. The monoisotopic (exact) mass is 346 g/mol.